The third-order valence-corrected chi connectivity index (χ3v) is 3.98. The lowest BCUT2D eigenvalue weighted by atomic mass is 10.1. The molecule has 4 N–H and O–H groups in total. The van der Waals surface area contributed by atoms with Crippen molar-refractivity contribution in [3.8, 4) is 11.5 Å². The van der Waals surface area contributed by atoms with E-state index in [1.807, 2.05) is 0 Å². The molecular formula is C22H24FN3O5. The van der Waals surface area contributed by atoms with Crippen molar-refractivity contribution in [2.75, 3.05) is 26.8 Å². The Morgan fingerprint density at radius 2 is 1.84 bits per heavy atom. The highest BCUT2D eigenvalue weighted by Gasteiger charge is 2.07. The summed E-state index contributed by atoms with van der Waals surface area (Å²) >= 11 is 0. The lowest BCUT2D eigenvalue weighted by molar-refractivity contribution is -0.121. The predicted octanol–water partition coefficient (Wildman–Crippen LogP) is 1.19. The number of carbonyl (C=O) groups excluding carboxylic acids is 3. The number of nitrogens with one attached hydrogen (secondary N) is 2. The zero-order valence-corrected chi connectivity index (χ0v) is 17.0. The summed E-state index contributed by atoms with van der Waals surface area (Å²) < 4.78 is 23.6. The van der Waals surface area contributed by atoms with Gasteiger partial charge in [-0.05, 0) is 41.5 Å². The molecule has 31 heavy (non-hydrogen) atoms. The van der Waals surface area contributed by atoms with Gasteiger partial charge in [0.05, 0.1) is 13.5 Å². The summed E-state index contributed by atoms with van der Waals surface area (Å²) in [5.74, 6) is -0.849. The second-order valence-corrected chi connectivity index (χ2v) is 6.45. The van der Waals surface area contributed by atoms with Gasteiger partial charge in [-0.15, -0.1) is 0 Å². The highest BCUT2D eigenvalue weighted by molar-refractivity contribution is 5.91. The molecule has 0 spiro atoms. The quantitative estimate of drug-likeness (QED) is 0.366. The van der Waals surface area contributed by atoms with Crippen molar-refractivity contribution in [3.05, 3.63) is 65.5 Å². The van der Waals surface area contributed by atoms with Gasteiger partial charge in [0.1, 0.15) is 5.82 Å². The van der Waals surface area contributed by atoms with Gasteiger partial charge in [0, 0.05) is 19.2 Å². The SMILES string of the molecule is COc1cc(/C=C/C(=O)NCCNC(=O)Cc2cccc(F)c2)ccc1OCC(N)=O. The molecule has 0 heterocycles. The van der Waals surface area contributed by atoms with Gasteiger partial charge in [-0.3, -0.25) is 14.4 Å². The lowest BCUT2D eigenvalue weighted by Crippen LogP contribution is -2.34. The van der Waals surface area contributed by atoms with Gasteiger partial charge >= 0.3 is 0 Å². The van der Waals surface area contributed by atoms with Crippen LogP contribution in [0.2, 0.25) is 0 Å². The van der Waals surface area contributed by atoms with Crippen LogP contribution >= 0.6 is 0 Å². The summed E-state index contributed by atoms with van der Waals surface area (Å²) in [6.45, 7) is 0.210. The van der Waals surface area contributed by atoms with Crippen LogP contribution in [0.5, 0.6) is 11.5 Å². The second-order valence-electron chi connectivity index (χ2n) is 6.45. The fourth-order valence-corrected chi connectivity index (χ4v) is 2.57. The lowest BCUT2D eigenvalue weighted by Gasteiger charge is -2.10. The van der Waals surface area contributed by atoms with Crippen LogP contribution in [0.1, 0.15) is 11.1 Å². The van der Waals surface area contributed by atoms with E-state index in [1.165, 1.54) is 25.3 Å². The van der Waals surface area contributed by atoms with Crippen LogP contribution in [0.25, 0.3) is 6.08 Å². The molecule has 0 unspecified atom stereocenters. The molecule has 2 rings (SSSR count). The molecule has 0 radical (unpaired) electrons. The zero-order valence-electron chi connectivity index (χ0n) is 17.0. The van der Waals surface area contributed by atoms with Crippen LogP contribution in [-0.2, 0) is 20.8 Å². The molecule has 0 aliphatic carbocycles. The molecule has 0 aliphatic heterocycles. The zero-order chi connectivity index (χ0) is 22.6. The van der Waals surface area contributed by atoms with Gasteiger partial charge in [-0.25, -0.2) is 4.39 Å². The first-order chi connectivity index (χ1) is 14.9. The number of benzene rings is 2. The highest BCUT2D eigenvalue weighted by atomic mass is 19.1. The molecule has 0 saturated carbocycles. The molecule has 0 fully saturated rings. The van der Waals surface area contributed by atoms with Crippen molar-refractivity contribution in [1.82, 2.24) is 10.6 Å². The maximum absolute atomic E-state index is 13.1. The van der Waals surface area contributed by atoms with E-state index in [4.69, 9.17) is 15.2 Å². The van der Waals surface area contributed by atoms with E-state index in [0.29, 0.717) is 22.6 Å². The Balaban J connectivity index is 1.75. The summed E-state index contributed by atoms with van der Waals surface area (Å²) in [5.41, 5.74) is 6.31. The first-order valence-corrected chi connectivity index (χ1v) is 9.43. The molecule has 0 aliphatic rings. The summed E-state index contributed by atoms with van der Waals surface area (Å²) in [7, 11) is 1.45. The van der Waals surface area contributed by atoms with E-state index in [0.717, 1.165) is 0 Å². The van der Waals surface area contributed by atoms with Crippen LogP contribution in [-0.4, -0.2) is 44.5 Å². The van der Waals surface area contributed by atoms with Crippen molar-refractivity contribution in [2.24, 2.45) is 5.73 Å². The number of amides is 3. The Morgan fingerprint density at radius 1 is 1.06 bits per heavy atom. The van der Waals surface area contributed by atoms with E-state index in [1.54, 1.807) is 36.4 Å². The van der Waals surface area contributed by atoms with Crippen molar-refractivity contribution in [1.29, 1.82) is 0 Å². The van der Waals surface area contributed by atoms with E-state index in [-0.39, 0.29) is 37.9 Å². The van der Waals surface area contributed by atoms with Crippen LogP contribution in [0.15, 0.2) is 48.5 Å². The predicted molar refractivity (Wildman–Crippen MR) is 113 cm³/mol. The third kappa shape index (κ3) is 8.57. The fourth-order valence-electron chi connectivity index (χ4n) is 2.57. The molecule has 2 aromatic carbocycles. The molecule has 8 nitrogen and oxygen atoms in total. The Labute approximate surface area is 179 Å². The Kier molecular flexibility index (Phi) is 9.03. The van der Waals surface area contributed by atoms with E-state index in [2.05, 4.69) is 10.6 Å². The molecule has 164 valence electrons. The smallest absolute Gasteiger partial charge is 0.255 e. The van der Waals surface area contributed by atoms with E-state index >= 15 is 0 Å². The van der Waals surface area contributed by atoms with Gasteiger partial charge in [0.15, 0.2) is 18.1 Å². The molecule has 0 atom stereocenters. The van der Waals surface area contributed by atoms with E-state index in [9.17, 15) is 18.8 Å². The Morgan fingerprint density at radius 3 is 2.55 bits per heavy atom. The summed E-state index contributed by atoms with van der Waals surface area (Å²) in [4.78, 5) is 34.6. The van der Waals surface area contributed by atoms with Gasteiger partial charge in [-0.2, -0.15) is 0 Å². The molecule has 3 amide bonds. The molecular weight excluding hydrogens is 405 g/mol. The van der Waals surface area contributed by atoms with Crippen molar-refractivity contribution in [2.45, 2.75) is 6.42 Å². The van der Waals surface area contributed by atoms with Gasteiger partial charge in [0.2, 0.25) is 11.8 Å². The largest absolute Gasteiger partial charge is 0.493 e. The first-order valence-electron chi connectivity index (χ1n) is 9.43. The van der Waals surface area contributed by atoms with Gasteiger partial charge < -0.3 is 25.8 Å². The summed E-state index contributed by atoms with van der Waals surface area (Å²) in [6, 6.07) is 10.8. The standard InChI is InChI=1S/C22H24FN3O5/c1-30-19-12-15(5-7-18(19)31-14-20(24)27)6-8-21(28)25-9-10-26-22(29)13-16-3-2-4-17(23)11-16/h2-8,11-12H,9-10,13-14H2,1H3,(H2,24,27)(H,25,28)(H,26,29)/b8-6+. The van der Waals surface area contributed by atoms with Crippen molar-refractivity contribution in [3.63, 3.8) is 0 Å². The number of methoxy groups -OCH3 is 1. The van der Waals surface area contributed by atoms with Crippen LogP contribution in [0.3, 0.4) is 0 Å². The van der Waals surface area contributed by atoms with Crippen LogP contribution in [0, 0.1) is 5.82 Å². The topological polar surface area (TPSA) is 120 Å². The minimum Gasteiger partial charge on any atom is -0.493 e. The summed E-state index contributed by atoms with van der Waals surface area (Å²) in [6.07, 6.45) is 2.98. The van der Waals surface area contributed by atoms with Gasteiger partial charge in [-0.1, -0.05) is 18.2 Å². The van der Waals surface area contributed by atoms with E-state index < -0.39 is 11.7 Å². The fraction of sp³-hybridized carbons (Fsp3) is 0.227. The first kappa shape index (κ1) is 23.4. The number of ether oxygens (including phenoxy) is 2. The number of rotatable bonds is 11. The number of nitrogens with two attached hydrogens (primary N) is 1. The number of hydrogen-bond acceptors (Lipinski definition) is 5. The van der Waals surface area contributed by atoms with Crippen LogP contribution in [0.4, 0.5) is 4.39 Å². The molecule has 0 saturated heterocycles. The van der Waals surface area contributed by atoms with Gasteiger partial charge in [0.25, 0.3) is 5.91 Å². The number of halogens is 1. The summed E-state index contributed by atoms with van der Waals surface area (Å²) in [5, 5.41) is 5.30. The molecule has 2 aromatic rings. The molecule has 0 bridgehead atoms. The number of primary amides is 1. The maximum Gasteiger partial charge on any atom is 0.255 e. The minimum absolute atomic E-state index is 0.0621. The number of carbonyl (C=O) groups is 3. The molecule has 0 aromatic heterocycles. The average molecular weight is 429 g/mol. The van der Waals surface area contributed by atoms with Crippen molar-refractivity contribution >= 4 is 23.8 Å². The Bertz CT molecular complexity index is 962. The highest BCUT2D eigenvalue weighted by Crippen LogP contribution is 2.28. The number of hydrogen-bond donors (Lipinski definition) is 3. The monoisotopic (exact) mass is 429 g/mol. The van der Waals surface area contributed by atoms with Crippen molar-refractivity contribution < 1.29 is 28.2 Å². The Hall–Kier alpha value is -3.88. The average Bonchev–Trinajstić information content (AvgIpc) is 2.74. The minimum atomic E-state index is -0.604. The normalized spacial score (nSPS) is 10.5. The van der Waals surface area contributed by atoms with Crippen LogP contribution < -0.4 is 25.8 Å². The molecule has 9 heteroatoms. The maximum atomic E-state index is 13.1. The third-order valence-electron chi connectivity index (χ3n) is 3.98. The second kappa shape index (κ2) is 12.0.